The maximum Gasteiger partial charge on any atom is 1.00 e. The third-order valence-corrected chi connectivity index (χ3v) is 1.21. The molecule has 1 aromatic carbocycles. The molecule has 0 fully saturated rings. The van der Waals surface area contributed by atoms with Crippen molar-refractivity contribution < 1.29 is 44.2 Å². The molecule has 62 valence electrons. The van der Waals surface area contributed by atoms with Crippen molar-refractivity contribution in [2.75, 3.05) is 5.73 Å². The Bertz CT molecular complexity index is 264. The van der Waals surface area contributed by atoms with Gasteiger partial charge < -0.3 is 7.16 Å². The minimum absolute atomic E-state index is 0. The predicted molar refractivity (Wildman–Crippen MR) is 37.0 cm³/mol. The zero-order valence-corrected chi connectivity index (χ0v) is 8.52. The van der Waals surface area contributed by atoms with Gasteiger partial charge in [-0.15, -0.1) is 0 Å². The number of anilines is 1. The van der Waals surface area contributed by atoms with Crippen LogP contribution in [0.2, 0.25) is 0 Å². The average molecular weight is 185 g/mol. The molecular weight excluding hydrogens is 178 g/mol. The van der Waals surface area contributed by atoms with E-state index in [1.165, 1.54) is 12.1 Å². The summed E-state index contributed by atoms with van der Waals surface area (Å²) in [6, 6.07) is 4.57. The van der Waals surface area contributed by atoms with Crippen LogP contribution in [0.5, 0.6) is 0 Å². The van der Waals surface area contributed by atoms with Crippen molar-refractivity contribution in [3.8, 4) is 0 Å². The molecule has 1 rings (SSSR count). The van der Waals surface area contributed by atoms with Gasteiger partial charge in [-0.25, -0.2) is 0 Å². The van der Waals surface area contributed by atoms with Crippen molar-refractivity contribution in [1.82, 2.24) is 0 Å². The van der Waals surface area contributed by atoms with Crippen LogP contribution in [-0.4, -0.2) is 0 Å². The Hall–Kier alpha value is -0.190. The van der Waals surface area contributed by atoms with Crippen LogP contribution in [0.3, 0.4) is 0 Å². The molecule has 0 spiro atoms. The van der Waals surface area contributed by atoms with E-state index in [0.717, 1.165) is 12.1 Å². The van der Waals surface area contributed by atoms with E-state index in [1.807, 2.05) is 0 Å². The van der Waals surface area contributed by atoms with Crippen molar-refractivity contribution in [3.63, 3.8) is 0 Å². The smallest absolute Gasteiger partial charge is 1.00 e. The summed E-state index contributed by atoms with van der Waals surface area (Å²) in [7, 11) is 0. The first-order valence-electron chi connectivity index (χ1n) is 2.93. The van der Waals surface area contributed by atoms with Crippen molar-refractivity contribution in [3.05, 3.63) is 29.8 Å². The molecule has 0 atom stereocenters. The van der Waals surface area contributed by atoms with Crippen LogP contribution in [0.1, 0.15) is 6.99 Å². The number of halogens is 3. The van der Waals surface area contributed by atoms with Crippen molar-refractivity contribution in [2.45, 2.75) is 6.18 Å². The van der Waals surface area contributed by atoms with Gasteiger partial charge in [0.2, 0.25) is 0 Å². The first-order valence-corrected chi connectivity index (χ1v) is 2.93. The van der Waals surface area contributed by atoms with Crippen molar-refractivity contribution >= 4 is 5.69 Å². The van der Waals surface area contributed by atoms with Gasteiger partial charge in [-0.3, -0.25) is 0 Å². The maximum atomic E-state index is 11.9. The van der Waals surface area contributed by atoms with E-state index in [4.69, 9.17) is 5.73 Å². The van der Waals surface area contributed by atoms with Crippen LogP contribution in [-0.2, 0) is 6.18 Å². The fourth-order valence-corrected chi connectivity index (χ4v) is 0.715. The minimum Gasteiger partial charge on any atom is -1.00 e. The summed E-state index contributed by atoms with van der Waals surface area (Å²) in [5.41, 5.74) is 4.57. The third kappa shape index (κ3) is 3.05. The number of alkyl halides is 3. The molecule has 1 nitrogen and oxygen atoms in total. The zero-order valence-electron chi connectivity index (χ0n) is 7.52. The Morgan fingerprint density at radius 1 is 1.25 bits per heavy atom. The molecule has 12 heavy (non-hydrogen) atoms. The fraction of sp³-hybridized carbons (Fsp3) is 0.143. The van der Waals surface area contributed by atoms with E-state index in [9.17, 15) is 13.2 Å². The van der Waals surface area contributed by atoms with Crippen LogP contribution >= 0.6 is 0 Å². The quantitative estimate of drug-likeness (QED) is 0.424. The van der Waals surface area contributed by atoms with Crippen LogP contribution in [0, 0.1) is 0 Å². The minimum atomic E-state index is -4.30. The second-order valence-corrected chi connectivity index (χ2v) is 2.12. The first kappa shape index (κ1) is 11.8. The van der Waals surface area contributed by atoms with Gasteiger partial charge in [-0.2, -0.15) is 13.2 Å². The van der Waals surface area contributed by atoms with Gasteiger partial charge in [0.1, 0.15) is 0 Å². The Balaban J connectivity index is 0. The van der Waals surface area contributed by atoms with Gasteiger partial charge in [-0.05, 0) is 18.2 Å². The van der Waals surface area contributed by atoms with E-state index in [2.05, 4.69) is 0 Å². The van der Waals surface area contributed by atoms with Gasteiger partial charge in [0.25, 0.3) is 0 Å². The van der Waals surface area contributed by atoms with E-state index in [1.54, 1.807) is 0 Å². The molecule has 0 aliphatic carbocycles. The molecular formula is C7H7F3NNa. The van der Waals surface area contributed by atoms with Crippen LogP contribution < -0.4 is 35.3 Å². The van der Waals surface area contributed by atoms with E-state index in [-0.39, 0.29) is 36.7 Å². The fourth-order valence-electron chi connectivity index (χ4n) is 0.715. The number of hydrogen-bond donors (Lipinski definition) is 1. The average Bonchev–Trinajstić information content (AvgIpc) is 1.86. The normalized spacial score (nSPS) is 10.6. The Kier molecular flexibility index (Phi) is 4.10. The predicted octanol–water partition coefficient (Wildman–Crippen LogP) is -0.596. The SMILES string of the molecule is Nc1cccc(C(F)(F)F)c1.[H-].[Na+]. The van der Waals surface area contributed by atoms with Crippen LogP contribution in [0.4, 0.5) is 18.9 Å². The molecule has 0 aliphatic heterocycles. The number of hydrogen-bond acceptors (Lipinski definition) is 1. The largest absolute Gasteiger partial charge is 1.00 e. The molecule has 5 heteroatoms. The summed E-state index contributed by atoms with van der Waals surface area (Å²) in [5, 5.41) is 0. The molecule has 0 saturated heterocycles. The van der Waals surface area contributed by atoms with E-state index < -0.39 is 11.7 Å². The summed E-state index contributed by atoms with van der Waals surface area (Å²) in [6.45, 7) is 0. The molecule has 0 aliphatic rings. The monoisotopic (exact) mass is 185 g/mol. The third-order valence-electron chi connectivity index (χ3n) is 1.21. The number of nitrogen functional groups attached to an aromatic ring is 1. The van der Waals surface area contributed by atoms with Crippen LogP contribution in [0.15, 0.2) is 24.3 Å². The standard InChI is InChI=1S/C7H6F3N.Na.H/c8-7(9,10)5-2-1-3-6(11)4-5;;/h1-4H,11H2;;/q;+1;-1. The molecule has 0 radical (unpaired) electrons. The molecule has 0 unspecified atom stereocenters. The van der Waals surface area contributed by atoms with E-state index in [0.29, 0.717) is 0 Å². The van der Waals surface area contributed by atoms with Crippen molar-refractivity contribution in [1.29, 1.82) is 0 Å². The summed E-state index contributed by atoms with van der Waals surface area (Å²) >= 11 is 0. The van der Waals surface area contributed by atoms with E-state index >= 15 is 0 Å². The summed E-state index contributed by atoms with van der Waals surface area (Å²) in [5.74, 6) is 0. The summed E-state index contributed by atoms with van der Waals surface area (Å²) in [4.78, 5) is 0. The Morgan fingerprint density at radius 2 is 1.83 bits per heavy atom. The number of benzene rings is 1. The number of rotatable bonds is 0. The summed E-state index contributed by atoms with van der Waals surface area (Å²) < 4.78 is 35.7. The summed E-state index contributed by atoms with van der Waals surface area (Å²) in [6.07, 6.45) is -4.30. The molecule has 0 heterocycles. The first-order chi connectivity index (χ1) is 5.00. The molecule has 0 amide bonds. The maximum absolute atomic E-state index is 11.9. The molecule has 1 aromatic rings. The van der Waals surface area contributed by atoms with Crippen molar-refractivity contribution in [2.24, 2.45) is 0 Å². The Morgan fingerprint density at radius 3 is 2.17 bits per heavy atom. The van der Waals surface area contributed by atoms with Gasteiger partial charge in [0, 0.05) is 5.69 Å². The second-order valence-electron chi connectivity index (χ2n) is 2.12. The molecule has 0 saturated carbocycles. The van der Waals surface area contributed by atoms with Gasteiger partial charge in [0.15, 0.2) is 0 Å². The van der Waals surface area contributed by atoms with Gasteiger partial charge >= 0.3 is 35.7 Å². The molecule has 0 bridgehead atoms. The second kappa shape index (κ2) is 4.16. The topological polar surface area (TPSA) is 26.0 Å². The molecule has 2 N–H and O–H groups in total. The number of nitrogens with two attached hydrogens (primary N) is 1. The van der Waals surface area contributed by atoms with Gasteiger partial charge in [0.05, 0.1) is 5.56 Å². The molecule has 0 aromatic heterocycles. The van der Waals surface area contributed by atoms with Crippen LogP contribution in [0.25, 0.3) is 0 Å². The Labute approximate surface area is 91.5 Å². The zero-order chi connectivity index (χ0) is 8.48. The van der Waals surface area contributed by atoms with Gasteiger partial charge in [-0.1, -0.05) is 6.07 Å².